The Morgan fingerprint density at radius 1 is 1.22 bits per heavy atom. The molecule has 7 heteroatoms. The Morgan fingerprint density at radius 3 is 2.74 bits per heavy atom. The van der Waals surface area contributed by atoms with Crippen LogP contribution < -0.4 is 5.32 Å². The van der Waals surface area contributed by atoms with Gasteiger partial charge in [-0.15, -0.1) is 0 Å². The maximum Gasteiger partial charge on any atom is 0.238 e. The average Bonchev–Trinajstić information content (AvgIpc) is 3.11. The highest BCUT2D eigenvalue weighted by molar-refractivity contribution is 6.31. The number of rotatable bonds is 6. The molecule has 0 fully saturated rings. The number of benzene rings is 2. The highest BCUT2D eigenvalue weighted by Crippen LogP contribution is 2.24. The number of aryl methyl sites for hydroxylation is 2. The Kier molecular flexibility index (Phi) is 5.88. The van der Waals surface area contributed by atoms with Crippen LogP contribution in [0.5, 0.6) is 0 Å². The SMILES string of the molecule is Cc1ccc(CN(C)CC(=O)Nc2cc(Cl)ccc2-n2cncn2)c(C)c1. The maximum absolute atomic E-state index is 12.5. The van der Waals surface area contributed by atoms with Crippen LogP contribution in [0.4, 0.5) is 5.69 Å². The van der Waals surface area contributed by atoms with E-state index in [1.807, 2.05) is 11.9 Å². The van der Waals surface area contributed by atoms with Gasteiger partial charge in [0, 0.05) is 11.6 Å². The van der Waals surface area contributed by atoms with Gasteiger partial charge < -0.3 is 5.32 Å². The number of nitrogens with zero attached hydrogens (tertiary/aromatic N) is 4. The molecule has 0 spiro atoms. The lowest BCUT2D eigenvalue weighted by Gasteiger charge is -2.19. The molecule has 3 aromatic rings. The molecule has 0 aliphatic heterocycles. The first kappa shape index (κ1) is 19.1. The van der Waals surface area contributed by atoms with Crippen LogP contribution in [0.3, 0.4) is 0 Å². The summed E-state index contributed by atoms with van der Waals surface area (Å²) in [7, 11) is 1.93. The molecule has 0 aliphatic rings. The molecule has 0 saturated heterocycles. The van der Waals surface area contributed by atoms with Crippen molar-refractivity contribution in [2.75, 3.05) is 18.9 Å². The quantitative estimate of drug-likeness (QED) is 0.706. The number of aromatic nitrogens is 3. The van der Waals surface area contributed by atoms with Crippen molar-refractivity contribution >= 4 is 23.2 Å². The van der Waals surface area contributed by atoms with Gasteiger partial charge in [0.05, 0.1) is 17.9 Å². The topological polar surface area (TPSA) is 63.1 Å². The van der Waals surface area contributed by atoms with Crippen molar-refractivity contribution in [3.63, 3.8) is 0 Å². The summed E-state index contributed by atoms with van der Waals surface area (Å²) in [6, 6.07) is 11.6. The second-order valence-corrected chi connectivity index (χ2v) is 7.09. The zero-order valence-electron chi connectivity index (χ0n) is 15.6. The number of likely N-dealkylation sites (N-methyl/N-ethyl adjacent to an activating group) is 1. The van der Waals surface area contributed by atoms with Crippen LogP contribution >= 0.6 is 11.6 Å². The van der Waals surface area contributed by atoms with E-state index in [1.165, 1.54) is 23.0 Å². The van der Waals surface area contributed by atoms with Gasteiger partial charge in [-0.25, -0.2) is 9.67 Å². The predicted molar refractivity (Wildman–Crippen MR) is 107 cm³/mol. The molecular weight excluding hydrogens is 362 g/mol. The molecule has 1 amide bonds. The van der Waals surface area contributed by atoms with Crippen LogP contribution in [-0.4, -0.2) is 39.2 Å². The molecule has 6 nitrogen and oxygen atoms in total. The Morgan fingerprint density at radius 2 is 2.04 bits per heavy atom. The minimum absolute atomic E-state index is 0.120. The van der Waals surface area contributed by atoms with E-state index < -0.39 is 0 Å². The molecule has 0 radical (unpaired) electrons. The number of halogens is 1. The maximum atomic E-state index is 12.5. The smallest absolute Gasteiger partial charge is 0.238 e. The van der Waals surface area contributed by atoms with Gasteiger partial charge in [0.15, 0.2) is 0 Å². The van der Waals surface area contributed by atoms with Gasteiger partial charge in [-0.05, 0) is 50.2 Å². The lowest BCUT2D eigenvalue weighted by atomic mass is 10.1. The monoisotopic (exact) mass is 383 g/mol. The van der Waals surface area contributed by atoms with Crippen LogP contribution in [-0.2, 0) is 11.3 Å². The summed E-state index contributed by atoms with van der Waals surface area (Å²) in [6.07, 6.45) is 3.02. The van der Waals surface area contributed by atoms with Gasteiger partial charge in [0.2, 0.25) is 5.91 Å². The van der Waals surface area contributed by atoms with Gasteiger partial charge in [0.25, 0.3) is 0 Å². The highest BCUT2D eigenvalue weighted by atomic mass is 35.5. The summed E-state index contributed by atoms with van der Waals surface area (Å²) in [6.45, 7) is 5.12. The molecule has 0 saturated carbocycles. The molecule has 140 valence electrons. The lowest BCUT2D eigenvalue weighted by Crippen LogP contribution is -2.30. The van der Waals surface area contributed by atoms with E-state index in [2.05, 4.69) is 47.4 Å². The largest absolute Gasteiger partial charge is 0.323 e. The lowest BCUT2D eigenvalue weighted by molar-refractivity contribution is -0.117. The molecule has 27 heavy (non-hydrogen) atoms. The van der Waals surface area contributed by atoms with Gasteiger partial charge in [-0.2, -0.15) is 5.10 Å². The minimum atomic E-state index is -0.120. The van der Waals surface area contributed by atoms with E-state index >= 15 is 0 Å². The van der Waals surface area contributed by atoms with Crippen molar-refractivity contribution in [2.24, 2.45) is 0 Å². The zero-order chi connectivity index (χ0) is 19.4. The number of hydrogen-bond donors (Lipinski definition) is 1. The van der Waals surface area contributed by atoms with Crippen LogP contribution in [0.25, 0.3) is 5.69 Å². The number of amides is 1. The molecular formula is C20H22ClN5O. The fourth-order valence-corrected chi connectivity index (χ4v) is 3.12. The zero-order valence-corrected chi connectivity index (χ0v) is 16.4. The Bertz CT molecular complexity index is 940. The van der Waals surface area contributed by atoms with Crippen molar-refractivity contribution in [3.05, 3.63) is 70.8 Å². The Balaban J connectivity index is 1.68. The third kappa shape index (κ3) is 4.93. The standard InChI is InChI=1S/C20H22ClN5O/c1-14-4-5-16(15(2)8-14)10-25(3)11-20(27)24-18-9-17(21)6-7-19(18)26-13-22-12-23-26/h4-9,12-13H,10-11H2,1-3H3,(H,24,27). The van der Waals surface area contributed by atoms with Crippen molar-refractivity contribution in [3.8, 4) is 5.69 Å². The minimum Gasteiger partial charge on any atom is -0.323 e. The van der Waals surface area contributed by atoms with Crippen LogP contribution in [0.1, 0.15) is 16.7 Å². The molecule has 2 aromatic carbocycles. The Labute approximate surface area is 163 Å². The summed E-state index contributed by atoms with van der Waals surface area (Å²) in [5.74, 6) is -0.120. The third-order valence-electron chi connectivity index (χ3n) is 4.25. The average molecular weight is 384 g/mol. The number of carbonyl (C=O) groups is 1. The number of anilines is 1. The van der Waals surface area contributed by atoms with E-state index in [0.717, 1.165) is 0 Å². The number of carbonyl (C=O) groups excluding carboxylic acids is 1. The van der Waals surface area contributed by atoms with Crippen molar-refractivity contribution in [1.82, 2.24) is 19.7 Å². The molecule has 0 aliphatic carbocycles. The van der Waals surface area contributed by atoms with Crippen molar-refractivity contribution in [2.45, 2.75) is 20.4 Å². The van der Waals surface area contributed by atoms with Gasteiger partial charge in [-0.1, -0.05) is 35.4 Å². The molecule has 1 heterocycles. The summed E-state index contributed by atoms with van der Waals surface area (Å²) in [5, 5.41) is 7.58. The second kappa shape index (κ2) is 8.33. The molecule has 0 bridgehead atoms. The second-order valence-electron chi connectivity index (χ2n) is 6.65. The number of nitrogens with one attached hydrogen (secondary N) is 1. The molecule has 0 unspecified atom stereocenters. The van der Waals surface area contributed by atoms with E-state index in [0.29, 0.717) is 22.9 Å². The van der Waals surface area contributed by atoms with Crippen molar-refractivity contribution < 1.29 is 4.79 Å². The van der Waals surface area contributed by atoms with Gasteiger partial charge >= 0.3 is 0 Å². The molecule has 3 rings (SSSR count). The van der Waals surface area contributed by atoms with Gasteiger partial charge in [0.1, 0.15) is 12.7 Å². The molecule has 1 aromatic heterocycles. The first-order valence-corrected chi connectivity index (χ1v) is 8.99. The van der Waals surface area contributed by atoms with Crippen LogP contribution in [0.2, 0.25) is 5.02 Å². The van der Waals surface area contributed by atoms with E-state index in [4.69, 9.17) is 11.6 Å². The normalized spacial score (nSPS) is 11.0. The summed E-state index contributed by atoms with van der Waals surface area (Å²) < 4.78 is 1.59. The fourth-order valence-electron chi connectivity index (χ4n) is 2.95. The van der Waals surface area contributed by atoms with Crippen molar-refractivity contribution in [1.29, 1.82) is 0 Å². The van der Waals surface area contributed by atoms with Gasteiger partial charge in [-0.3, -0.25) is 9.69 Å². The first-order chi connectivity index (χ1) is 12.9. The number of hydrogen-bond acceptors (Lipinski definition) is 4. The van der Waals surface area contributed by atoms with E-state index in [1.54, 1.807) is 29.2 Å². The summed E-state index contributed by atoms with van der Waals surface area (Å²) in [4.78, 5) is 18.5. The Hall–Kier alpha value is -2.70. The first-order valence-electron chi connectivity index (χ1n) is 8.61. The predicted octanol–water partition coefficient (Wildman–Crippen LogP) is 3.61. The third-order valence-corrected chi connectivity index (χ3v) is 4.49. The van der Waals surface area contributed by atoms with E-state index in [9.17, 15) is 4.79 Å². The fraction of sp³-hybridized carbons (Fsp3) is 0.250. The molecule has 1 N–H and O–H groups in total. The van der Waals surface area contributed by atoms with Crippen LogP contribution in [0, 0.1) is 13.8 Å². The van der Waals surface area contributed by atoms with E-state index in [-0.39, 0.29) is 12.5 Å². The summed E-state index contributed by atoms with van der Waals surface area (Å²) >= 11 is 6.10. The highest BCUT2D eigenvalue weighted by Gasteiger charge is 2.13. The van der Waals surface area contributed by atoms with Crippen LogP contribution in [0.15, 0.2) is 49.1 Å². The summed E-state index contributed by atoms with van der Waals surface area (Å²) in [5.41, 5.74) is 4.98. The molecule has 0 atom stereocenters.